The van der Waals surface area contributed by atoms with Crippen molar-refractivity contribution in [2.45, 2.75) is 37.7 Å². The summed E-state index contributed by atoms with van der Waals surface area (Å²) >= 11 is 0. The molecule has 0 atom stereocenters. The molecule has 0 unspecified atom stereocenters. The maximum atomic E-state index is 12.3. The van der Waals surface area contributed by atoms with Crippen molar-refractivity contribution in [1.82, 2.24) is 4.72 Å². The molecule has 0 aliphatic carbocycles. The van der Waals surface area contributed by atoms with Gasteiger partial charge in [0.05, 0.1) is 23.1 Å². The number of ether oxygens (including phenoxy) is 2. The maximum absolute atomic E-state index is 12.3. The number of hydrogen-bond donors (Lipinski definition) is 1. The van der Waals surface area contributed by atoms with E-state index >= 15 is 0 Å². The smallest absolute Gasteiger partial charge is 0.349 e. The fourth-order valence-corrected chi connectivity index (χ4v) is 3.52. The van der Waals surface area contributed by atoms with E-state index in [-0.39, 0.29) is 18.0 Å². The Labute approximate surface area is 171 Å². The number of benzene rings is 2. The van der Waals surface area contributed by atoms with Crippen LogP contribution in [0.5, 0.6) is 5.75 Å². The lowest BCUT2D eigenvalue weighted by atomic mass is 10.1. The van der Waals surface area contributed by atoms with Crippen LogP contribution in [0, 0.1) is 11.3 Å². The van der Waals surface area contributed by atoms with Gasteiger partial charge in [0.1, 0.15) is 5.75 Å². The highest BCUT2D eigenvalue weighted by Gasteiger charge is 2.31. The van der Waals surface area contributed by atoms with E-state index in [0.29, 0.717) is 17.7 Å². The normalized spacial score (nSPS) is 11.5. The molecule has 0 saturated carbocycles. The summed E-state index contributed by atoms with van der Waals surface area (Å²) in [4.78, 5) is 12.0. The molecule has 2 rings (SSSR count). The number of carbonyl (C=O) groups is 1. The number of nitriles is 1. The second-order valence-electron chi connectivity index (χ2n) is 6.76. The van der Waals surface area contributed by atoms with Gasteiger partial charge >= 0.3 is 5.97 Å². The molecule has 7 nitrogen and oxygen atoms in total. The Morgan fingerprint density at radius 2 is 1.72 bits per heavy atom. The fourth-order valence-electron chi connectivity index (χ4n) is 2.49. The summed E-state index contributed by atoms with van der Waals surface area (Å²) in [5, 5.41) is 8.78. The van der Waals surface area contributed by atoms with Gasteiger partial charge in [-0.05, 0) is 69.2 Å². The van der Waals surface area contributed by atoms with Gasteiger partial charge in [-0.1, -0.05) is 12.1 Å². The summed E-state index contributed by atoms with van der Waals surface area (Å²) in [6.45, 7) is 5.51. The highest BCUT2D eigenvalue weighted by Crippen LogP contribution is 2.20. The molecule has 0 heterocycles. The first-order valence-electron chi connectivity index (χ1n) is 9.13. The Hall–Kier alpha value is -2.89. The van der Waals surface area contributed by atoms with Crippen LogP contribution in [0.15, 0.2) is 53.4 Å². The second-order valence-corrected chi connectivity index (χ2v) is 8.53. The van der Waals surface area contributed by atoms with Gasteiger partial charge in [-0.3, -0.25) is 0 Å². The molecule has 154 valence electrons. The highest BCUT2D eigenvalue weighted by atomic mass is 32.2. The molecule has 8 heteroatoms. The lowest BCUT2D eigenvalue weighted by Crippen LogP contribution is -2.39. The van der Waals surface area contributed by atoms with E-state index in [0.717, 1.165) is 5.56 Å². The van der Waals surface area contributed by atoms with Crippen molar-refractivity contribution in [2.75, 3.05) is 13.2 Å². The number of sulfonamides is 1. The van der Waals surface area contributed by atoms with Gasteiger partial charge in [0.2, 0.25) is 10.0 Å². The van der Waals surface area contributed by atoms with Gasteiger partial charge in [0.15, 0.2) is 5.60 Å². The maximum Gasteiger partial charge on any atom is 0.349 e. The fraction of sp³-hybridized carbons (Fsp3) is 0.333. The van der Waals surface area contributed by atoms with Crippen LogP contribution in [0.4, 0.5) is 0 Å². The van der Waals surface area contributed by atoms with Gasteiger partial charge in [-0.15, -0.1) is 0 Å². The van der Waals surface area contributed by atoms with Gasteiger partial charge in [0, 0.05) is 6.54 Å². The predicted molar refractivity (Wildman–Crippen MR) is 108 cm³/mol. The van der Waals surface area contributed by atoms with Crippen molar-refractivity contribution in [3.05, 3.63) is 59.7 Å². The van der Waals surface area contributed by atoms with Crippen LogP contribution in [-0.4, -0.2) is 33.1 Å². The molecule has 0 amide bonds. The molecule has 0 bridgehead atoms. The third-order valence-electron chi connectivity index (χ3n) is 4.06. The summed E-state index contributed by atoms with van der Waals surface area (Å²) in [5.74, 6) is 0.0752. The van der Waals surface area contributed by atoms with E-state index in [1.54, 1.807) is 32.9 Å². The lowest BCUT2D eigenvalue weighted by molar-refractivity contribution is -0.158. The van der Waals surface area contributed by atoms with E-state index in [1.807, 2.05) is 18.2 Å². The van der Waals surface area contributed by atoms with Crippen molar-refractivity contribution in [3.63, 3.8) is 0 Å². The number of esters is 1. The minimum atomic E-state index is -3.64. The van der Waals surface area contributed by atoms with Crippen molar-refractivity contribution in [2.24, 2.45) is 0 Å². The number of nitrogens with one attached hydrogen (secondary N) is 1. The van der Waals surface area contributed by atoms with Crippen LogP contribution in [0.2, 0.25) is 0 Å². The minimum absolute atomic E-state index is 0.112. The first kappa shape index (κ1) is 22.4. The zero-order valence-electron chi connectivity index (χ0n) is 16.6. The van der Waals surface area contributed by atoms with Gasteiger partial charge in [0.25, 0.3) is 0 Å². The van der Waals surface area contributed by atoms with Gasteiger partial charge in [-0.2, -0.15) is 5.26 Å². The Balaban J connectivity index is 1.91. The van der Waals surface area contributed by atoms with Crippen LogP contribution >= 0.6 is 0 Å². The number of nitrogens with zero attached hydrogens (tertiary/aromatic N) is 1. The summed E-state index contributed by atoms with van der Waals surface area (Å²) in [7, 11) is -3.64. The average Bonchev–Trinajstić information content (AvgIpc) is 2.69. The average molecular weight is 416 g/mol. The molecular formula is C21H24N2O5S. The first-order valence-corrected chi connectivity index (χ1v) is 10.6. The molecule has 0 fully saturated rings. The monoisotopic (exact) mass is 416 g/mol. The quantitative estimate of drug-likeness (QED) is 0.630. The molecule has 0 aromatic heterocycles. The summed E-state index contributed by atoms with van der Waals surface area (Å²) in [5.41, 5.74) is 0.208. The van der Waals surface area contributed by atoms with Crippen molar-refractivity contribution in [1.29, 1.82) is 5.26 Å². The topological polar surface area (TPSA) is 105 Å². The van der Waals surface area contributed by atoms with Crippen LogP contribution in [0.25, 0.3) is 0 Å². The number of hydrogen-bond acceptors (Lipinski definition) is 6. The SMILES string of the molecule is CCOC(=O)C(C)(C)Oc1ccc(CCNS(=O)(=O)c2ccc(C#N)cc2)cc1. The third-order valence-corrected chi connectivity index (χ3v) is 5.54. The van der Waals surface area contributed by atoms with Gasteiger partial charge < -0.3 is 9.47 Å². The Morgan fingerprint density at radius 1 is 1.10 bits per heavy atom. The van der Waals surface area contributed by atoms with E-state index in [9.17, 15) is 13.2 Å². The standard InChI is InChI=1S/C21H24N2O5S/c1-4-27-20(24)21(2,3)28-18-9-5-16(6-10-18)13-14-23-29(25,26)19-11-7-17(15-22)8-12-19/h5-12,23H,4,13-14H2,1-3H3. The number of rotatable bonds is 9. The van der Waals surface area contributed by atoms with Crippen LogP contribution in [0.1, 0.15) is 31.9 Å². The molecule has 2 aromatic rings. The summed E-state index contributed by atoms with van der Waals surface area (Å²) in [6, 6.07) is 14.8. The van der Waals surface area contributed by atoms with Crippen LogP contribution in [0.3, 0.4) is 0 Å². The zero-order valence-corrected chi connectivity index (χ0v) is 17.5. The van der Waals surface area contributed by atoms with Crippen molar-refractivity contribution in [3.8, 4) is 11.8 Å². The molecule has 0 aliphatic rings. The van der Waals surface area contributed by atoms with Crippen molar-refractivity contribution >= 4 is 16.0 Å². The Bertz CT molecular complexity index is 975. The predicted octanol–water partition coefficient (Wildman–Crippen LogP) is 2.80. The van der Waals surface area contributed by atoms with Crippen LogP contribution < -0.4 is 9.46 Å². The highest BCUT2D eigenvalue weighted by molar-refractivity contribution is 7.89. The van der Waals surface area contributed by atoms with E-state index in [1.165, 1.54) is 24.3 Å². The molecule has 0 spiro atoms. The summed E-state index contributed by atoms with van der Waals surface area (Å²) in [6.07, 6.45) is 0.483. The van der Waals surface area contributed by atoms with Crippen molar-refractivity contribution < 1.29 is 22.7 Å². The van der Waals surface area contributed by atoms with Crippen LogP contribution in [-0.2, 0) is 26.0 Å². The largest absolute Gasteiger partial charge is 0.476 e. The molecule has 1 N–H and O–H groups in total. The molecule has 0 saturated heterocycles. The molecule has 29 heavy (non-hydrogen) atoms. The van der Waals surface area contributed by atoms with E-state index < -0.39 is 21.6 Å². The second kappa shape index (κ2) is 9.54. The summed E-state index contributed by atoms with van der Waals surface area (Å²) < 4.78 is 37.8. The van der Waals surface area contributed by atoms with Gasteiger partial charge in [-0.25, -0.2) is 17.9 Å². The Kier molecular flexibility index (Phi) is 7.37. The molecule has 2 aromatic carbocycles. The lowest BCUT2D eigenvalue weighted by Gasteiger charge is -2.24. The van der Waals surface area contributed by atoms with E-state index in [2.05, 4.69) is 4.72 Å². The zero-order chi connectivity index (χ0) is 21.5. The first-order chi connectivity index (χ1) is 13.7. The minimum Gasteiger partial charge on any atom is -0.476 e. The van der Waals surface area contributed by atoms with E-state index in [4.69, 9.17) is 14.7 Å². The molecular weight excluding hydrogens is 392 g/mol. The molecule has 0 aliphatic heterocycles. The number of carbonyl (C=O) groups excluding carboxylic acids is 1. The third kappa shape index (κ3) is 6.31. The Morgan fingerprint density at radius 3 is 2.28 bits per heavy atom. The molecule has 0 radical (unpaired) electrons.